The Morgan fingerprint density at radius 3 is 2.00 bits per heavy atom. The zero-order valence-electron chi connectivity index (χ0n) is 19.3. The van der Waals surface area contributed by atoms with Gasteiger partial charge in [0.05, 0.1) is 0 Å². The summed E-state index contributed by atoms with van der Waals surface area (Å²) >= 11 is 0. The van der Waals surface area contributed by atoms with Crippen molar-refractivity contribution in [1.29, 1.82) is 0 Å². The third-order valence-corrected chi connectivity index (χ3v) is 6.31. The lowest BCUT2D eigenvalue weighted by Gasteiger charge is -2.23. The lowest BCUT2D eigenvalue weighted by molar-refractivity contribution is -0.142. The monoisotopic (exact) mass is 452 g/mol. The smallest absolute Gasteiger partial charge is 0.407 e. The quantitative estimate of drug-likeness (QED) is 0.498. The summed E-state index contributed by atoms with van der Waals surface area (Å²) in [7, 11) is 0. The van der Waals surface area contributed by atoms with Crippen molar-refractivity contribution in [2.75, 3.05) is 6.61 Å². The molecule has 7 nitrogen and oxygen atoms in total. The van der Waals surface area contributed by atoms with Crippen molar-refractivity contribution in [2.24, 2.45) is 5.92 Å². The van der Waals surface area contributed by atoms with Crippen LogP contribution in [0.1, 0.15) is 57.1 Å². The third kappa shape index (κ3) is 5.72. The summed E-state index contributed by atoms with van der Waals surface area (Å²) in [6.07, 6.45) is 0.778. The number of hydrogen-bond acceptors (Lipinski definition) is 4. The highest BCUT2D eigenvalue weighted by molar-refractivity contribution is 5.89. The van der Waals surface area contributed by atoms with E-state index in [0.29, 0.717) is 6.42 Å². The molecule has 1 aliphatic rings. The van der Waals surface area contributed by atoms with Gasteiger partial charge < -0.3 is 20.5 Å². The molecule has 2 aromatic rings. The van der Waals surface area contributed by atoms with Crippen LogP contribution in [0.4, 0.5) is 4.79 Å². The number of nitrogens with one attached hydrogen (secondary N) is 2. The van der Waals surface area contributed by atoms with Gasteiger partial charge in [-0.05, 0) is 41.0 Å². The van der Waals surface area contributed by atoms with E-state index in [1.54, 1.807) is 6.92 Å². The summed E-state index contributed by atoms with van der Waals surface area (Å²) in [6, 6.07) is 14.3. The van der Waals surface area contributed by atoms with Gasteiger partial charge in [0.1, 0.15) is 18.7 Å². The Morgan fingerprint density at radius 1 is 0.909 bits per heavy atom. The van der Waals surface area contributed by atoms with E-state index in [4.69, 9.17) is 4.74 Å². The van der Waals surface area contributed by atoms with E-state index in [9.17, 15) is 19.5 Å². The first kappa shape index (κ1) is 24.3. The van der Waals surface area contributed by atoms with Gasteiger partial charge in [-0.25, -0.2) is 9.59 Å². The minimum atomic E-state index is -1.10. The molecule has 0 saturated carbocycles. The normalized spacial score (nSPS) is 15.0. The molecule has 3 atom stereocenters. The highest BCUT2D eigenvalue weighted by atomic mass is 16.5. The van der Waals surface area contributed by atoms with Crippen LogP contribution in [0.5, 0.6) is 0 Å². The number of ether oxygens (including phenoxy) is 1. The van der Waals surface area contributed by atoms with Crippen LogP contribution in [0, 0.1) is 5.92 Å². The van der Waals surface area contributed by atoms with Crippen molar-refractivity contribution in [1.82, 2.24) is 10.6 Å². The van der Waals surface area contributed by atoms with Crippen molar-refractivity contribution < 1.29 is 24.2 Å². The Balaban J connectivity index is 1.68. The number of alkyl carbamates (subject to hydrolysis) is 1. The SMILES string of the molecule is CCC(C)CC(NC(=O)OCC1c2ccccc2-c2ccccc21)C(=O)N[C@H](CC)C(=O)O. The fourth-order valence-electron chi connectivity index (χ4n) is 4.19. The summed E-state index contributed by atoms with van der Waals surface area (Å²) < 4.78 is 5.57. The second-order valence-corrected chi connectivity index (χ2v) is 8.58. The molecule has 0 aliphatic heterocycles. The first-order chi connectivity index (χ1) is 15.8. The van der Waals surface area contributed by atoms with Crippen LogP contribution < -0.4 is 10.6 Å². The van der Waals surface area contributed by atoms with E-state index in [0.717, 1.165) is 28.7 Å². The van der Waals surface area contributed by atoms with Crippen LogP contribution in [0.2, 0.25) is 0 Å². The Kier molecular flexibility index (Phi) is 8.09. The summed E-state index contributed by atoms with van der Waals surface area (Å²) in [4.78, 5) is 36.7. The Labute approximate surface area is 194 Å². The molecule has 0 saturated heterocycles. The van der Waals surface area contributed by atoms with Gasteiger partial charge >= 0.3 is 12.1 Å². The van der Waals surface area contributed by atoms with Crippen LogP contribution in [0.15, 0.2) is 48.5 Å². The highest BCUT2D eigenvalue weighted by Crippen LogP contribution is 2.44. The van der Waals surface area contributed by atoms with Crippen LogP contribution in [-0.2, 0) is 14.3 Å². The van der Waals surface area contributed by atoms with Crippen molar-refractivity contribution >= 4 is 18.0 Å². The molecule has 0 bridgehead atoms. The molecule has 0 fully saturated rings. The maximum absolute atomic E-state index is 12.7. The molecular formula is C26H32N2O5. The van der Waals surface area contributed by atoms with Crippen molar-refractivity contribution in [3.8, 4) is 11.1 Å². The molecule has 7 heteroatoms. The number of carboxylic acid groups (broad SMARTS) is 1. The van der Waals surface area contributed by atoms with E-state index in [1.807, 2.05) is 50.2 Å². The first-order valence-corrected chi connectivity index (χ1v) is 11.5. The van der Waals surface area contributed by atoms with Crippen LogP contribution in [-0.4, -0.2) is 41.8 Å². The van der Waals surface area contributed by atoms with Crippen molar-refractivity contribution in [2.45, 2.75) is 58.0 Å². The standard InChI is InChI=1S/C26H32N2O5/c1-4-16(3)14-23(24(29)27-22(5-2)25(30)31)28-26(32)33-15-21-19-12-8-6-10-17(19)18-11-7-9-13-20(18)21/h6-13,16,21-23H,4-5,14-15H2,1-3H3,(H,27,29)(H,28,32)(H,30,31)/t16?,22-,23?/m1/s1. The molecule has 2 amide bonds. The lowest BCUT2D eigenvalue weighted by Crippen LogP contribution is -2.52. The summed E-state index contributed by atoms with van der Waals surface area (Å²) in [5.41, 5.74) is 4.48. The van der Waals surface area contributed by atoms with Gasteiger partial charge in [0.15, 0.2) is 0 Å². The van der Waals surface area contributed by atoms with Crippen LogP contribution in [0.3, 0.4) is 0 Å². The van der Waals surface area contributed by atoms with Gasteiger partial charge in [-0.3, -0.25) is 4.79 Å². The number of amides is 2. The van der Waals surface area contributed by atoms with E-state index in [1.165, 1.54) is 0 Å². The fraction of sp³-hybridized carbons (Fsp3) is 0.423. The number of carboxylic acids is 1. The van der Waals surface area contributed by atoms with Gasteiger partial charge in [-0.15, -0.1) is 0 Å². The molecule has 0 heterocycles. The molecule has 3 rings (SSSR count). The molecular weight excluding hydrogens is 420 g/mol. The molecule has 33 heavy (non-hydrogen) atoms. The molecule has 3 N–H and O–H groups in total. The minimum Gasteiger partial charge on any atom is -0.480 e. The van der Waals surface area contributed by atoms with Gasteiger partial charge in [0.25, 0.3) is 0 Å². The number of benzene rings is 2. The number of fused-ring (bicyclic) bond motifs is 3. The van der Waals surface area contributed by atoms with Gasteiger partial charge in [-0.2, -0.15) is 0 Å². The zero-order valence-corrected chi connectivity index (χ0v) is 19.3. The number of carbonyl (C=O) groups excluding carboxylic acids is 2. The number of rotatable bonds is 10. The molecule has 0 aromatic heterocycles. The van der Waals surface area contributed by atoms with E-state index in [-0.39, 0.29) is 24.9 Å². The average Bonchev–Trinajstić information content (AvgIpc) is 3.14. The number of aliphatic carboxylic acids is 1. The second-order valence-electron chi connectivity index (χ2n) is 8.58. The molecule has 0 radical (unpaired) electrons. The third-order valence-electron chi connectivity index (χ3n) is 6.31. The van der Waals surface area contributed by atoms with E-state index in [2.05, 4.69) is 22.8 Å². The number of carbonyl (C=O) groups is 3. The van der Waals surface area contributed by atoms with Gasteiger partial charge in [0.2, 0.25) is 5.91 Å². The van der Waals surface area contributed by atoms with Crippen molar-refractivity contribution in [3.05, 3.63) is 59.7 Å². The van der Waals surface area contributed by atoms with E-state index >= 15 is 0 Å². The minimum absolute atomic E-state index is 0.0820. The zero-order chi connectivity index (χ0) is 24.0. The Bertz CT molecular complexity index is 960. The highest BCUT2D eigenvalue weighted by Gasteiger charge is 2.31. The van der Waals surface area contributed by atoms with Gasteiger partial charge in [-0.1, -0.05) is 75.7 Å². The van der Waals surface area contributed by atoms with Crippen LogP contribution in [0.25, 0.3) is 11.1 Å². The lowest BCUT2D eigenvalue weighted by atomic mass is 9.98. The summed E-state index contributed by atoms with van der Waals surface area (Å²) in [6.45, 7) is 5.80. The Morgan fingerprint density at radius 2 is 1.48 bits per heavy atom. The largest absolute Gasteiger partial charge is 0.480 e. The Hall–Kier alpha value is -3.35. The van der Waals surface area contributed by atoms with Crippen LogP contribution >= 0.6 is 0 Å². The molecule has 2 unspecified atom stereocenters. The fourth-order valence-corrected chi connectivity index (χ4v) is 4.19. The average molecular weight is 453 g/mol. The predicted molar refractivity (Wildman–Crippen MR) is 126 cm³/mol. The van der Waals surface area contributed by atoms with E-state index < -0.39 is 30.1 Å². The molecule has 0 spiro atoms. The molecule has 1 aliphatic carbocycles. The number of hydrogen-bond donors (Lipinski definition) is 3. The summed E-state index contributed by atoms with van der Waals surface area (Å²) in [5.74, 6) is -1.53. The molecule has 176 valence electrons. The topological polar surface area (TPSA) is 105 Å². The summed E-state index contributed by atoms with van der Waals surface area (Å²) in [5, 5.41) is 14.4. The maximum atomic E-state index is 12.7. The first-order valence-electron chi connectivity index (χ1n) is 11.5. The second kappa shape index (κ2) is 11.0. The van der Waals surface area contributed by atoms with Gasteiger partial charge in [0, 0.05) is 5.92 Å². The predicted octanol–water partition coefficient (Wildman–Crippen LogP) is 4.31. The molecule has 2 aromatic carbocycles. The maximum Gasteiger partial charge on any atom is 0.407 e. The van der Waals surface area contributed by atoms with Crippen molar-refractivity contribution in [3.63, 3.8) is 0 Å².